The second-order valence-corrected chi connectivity index (χ2v) is 6.17. The Hall–Kier alpha value is -1.46. The summed E-state index contributed by atoms with van der Waals surface area (Å²) < 4.78 is 15.9. The first-order valence-corrected chi connectivity index (χ1v) is 6.98. The highest BCUT2D eigenvalue weighted by Gasteiger charge is 2.27. The number of aliphatic hydroxyl groups excluding tert-OH is 1. The van der Waals surface area contributed by atoms with E-state index >= 15 is 0 Å². The van der Waals surface area contributed by atoms with Crippen LogP contribution in [0.5, 0.6) is 17.2 Å². The Kier molecular flexibility index (Phi) is 5.87. The Morgan fingerprint density at radius 3 is 1.86 bits per heavy atom. The van der Waals surface area contributed by atoms with Crippen LogP contribution in [0.1, 0.15) is 38.9 Å². The van der Waals surface area contributed by atoms with Gasteiger partial charge >= 0.3 is 0 Å². The summed E-state index contributed by atoms with van der Waals surface area (Å²) in [6, 6.07) is 3.30. The zero-order chi connectivity index (χ0) is 16.2. The second-order valence-electron chi connectivity index (χ2n) is 6.17. The Labute approximate surface area is 127 Å². The molecule has 0 unspecified atom stereocenters. The van der Waals surface area contributed by atoms with Crippen molar-refractivity contribution in [1.82, 2.24) is 0 Å². The van der Waals surface area contributed by atoms with Gasteiger partial charge in [0.2, 0.25) is 0 Å². The summed E-state index contributed by atoms with van der Waals surface area (Å²) in [6.45, 7) is 6.15. The second kappa shape index (κ2) is 7.00. The number of aliphatic hydroxyl groups is 1. The first-order valence-electron chi connectivity index (χ1n) is 6.98. The van der Waals surface area contributed by atoms with Crippen LogP contribution in [0, 0.1) is 5.41 Å². The maximum atomic E-state index is 10.6. The standard InChI is InChI=1S/C16H27NO4/c1-16(2,3)14(17)9-11(18)15-12(20-5)7-10(19-4)8-13(15)21-6/h7-8,11,14,18H,9,17H2,1-6H3/t11-,14-/m1/s1. The lowest BCUT2D eigenvalue weighted by Gasteiger charge is -2.29. The predicted octanol–water partition coefficient (Wildman–Crippen LogP) is 2.51. The summed E-state index contributed by atoms with van der Waals surface area (Å²) in [7, 11) is 4.67. The van der Waals surface area contributed by atoms with Gasteiger partial charge in [-0.25, -0.2) is 0 Å². The van der Waals surface area contributed by atoms with Crippen LogP contribution in [0.25, 0.3) is 0 Å². The van der Waals surface area contributed by atoms with E-state index in [1.165, 1.54) is 0 Å². The van der Waals surface area contributed by atoms with E-state index in [9.17, 15) is 5.11 Å². The minimum Gasteiger partial charge on any atom is -0.496 e. The topological polar surface area (TPSA) is 73.9 Å². The van der Waals surface area contributed by atoms with Crippen molar-refractivity contribution in [3.8, 4) is 17.2 Å². The lowest BCUT2D eigenvalue weighted by molar-refractivity contribution is 0.127. The SMILES string of the molecule is COc1cc(OC)c([C@H](O)C[C@@H](N)C(C)(C)C)c(OC)c1. The van der Waals surface area contributed by atoms with Gasteiger partial charge in [-0.2, -0.15) is 0 Å². The zero-order valence-corrected chi connectivity index (χ0v) is 13.8. The molecule has 5 nitrogen and oxygen atoms in total. The molecule has 0 aliphatic rings. The number of hydrogen-bond donors (Lipinski definition) is 2. The molecule has 0 radical (unpaired) electrons. The molecule has 0 saturated heterocycles. The molecule has 0 spiro atoms. The van der Waals surface area contributed by atoms with Crippen LogP contribution in [0.2, 0.25) is 0 Å². The van der Waals surface area contributed by atoms with Gasteiger partial charge < -0.3 is 25.1 Å². The molecule has 0 aliphatic heterocycles. The van der Waals surface area contributed by atoms with Gasteiger partial charge in [0.15, 0.2) is 0 Å². The molecule has 3 N–H and O–H groups in total. The molecule has 0 heterocycles. The molecule has 0 bridgehead atoms. The van der Waals surface area contributed by atoms with Crippen molar-refractivity contribution in [2.45, 2.75) is 39.3 Å². The molecule has 21 heavy (non-hydrogen) atoms. The average molecular weight is 297 g/mol. The number of nitrogens with two attached hydrogens (primary N) is 1. The molecule has 0 amide bonds. The summed E-state index contributed by atoms with van der Waals surface area (Å²) in [5.74, 6) is 1.67. The van der Waals surface area contributed by atoms with Gasteiger partial charge in [0, 0.05) is 18.2 Å². The molecule has 0 fully saturated rings. The highest BCUT2D eigenvalue weighted by atomic mass is 16.5. The zero-order valence-electron chi connectivity index (χ0n) is 13.8. The van der Waals surface area contributed by atoms with Crippen molar-refractivity contribution in [1.29, 1.82) is 0 Å². The highest BCUT2D eigenvalue weighted by Crippen LogP contribution is 2.40. The molecule has 1 rings (SSSR count). The Morgan fingerprint density at radius 2 is 1.52 bits per heavy atom. The van der Waals surface area contributed by atoms with E-state index < -0.39 is 6.10 Å². The van der Waals surface area contributed by atoms with Crippen molar-refractivity contribution in [2.24, 2.45) is 11.1 Å². The normalized spacial score (nSPS) is 14.5. The Morgan fingerprint density at radius 1 is 1.05 bits per heavy atom. The van der Waals surface area contributed by atoms with Gasteiger partial charge in [0.25, 0.3) is 0 Å². The van der Waals surface area contributed by atoms with Crippen molar-refractivity contribution in [3.05, 3.63) is 17.7 Å². The molecule has 1 aromatic carbocycles. The fourth-order valence-electron chi connectivity index (χ4n) is 2.07. The third-order valence-corrected chi connectivity index (χ3v) is 3.68. The summed E-state index contributed by atoms with van der Waals surface area (Å²) >= 11 is 0. The largest absolute Gasteiger partial charge is 0.496 e. The molecule has 2 atom stereocenters. The molecule has 0 saturated carbocycles. The first-order chi connectivity index (χ1) is 9.74. The van der Waals surface area contributed by atoms with Crippen LogP contribution in [0.4, 0.5) is 0 Å². The Bertz CT molecular complexity index is 443. The van der Waals surface area contributed by atoms with Gasteiger partial charge in [0.1, 0.15) is 17.2 Å². The number of ether oxygens (including phenoxy) is 3. The van der Waals surface area contributed by atoms with Crippen molar-refractivity contribution in [3.63, 3.8) is 0 Å². The third kappa shape index (κ3) is 4.25. The van der Waals surface area contributed by atoms with Gasteiger partial charge in [-0.1, -0.05) is 20.8 Å². The number of methoxy groups -OCH3 is 3. The number of hydrogen-bond acceptors (Lipinski definition) is 5. The summed E-state index contributed by atoms with van der Waals surface area (Å²) in [6.07, 6.45) is -0.349. The molecule has 5 heteroatoms. The molecular weight excluding hydrogens is 270 g/mol. The van der Waals surface area contributed by atoms with Crippen LogP contribution in [-0.2, 0) is 0 Å². The van der Waals surface area contributed by atoms with E-state index in [0.29, 0.717) is 29.2 Å². The fraction of sp³-hybridized carbons (Fsp3) is 0.625. The van der Waals surface area contributed by atoms with E-state index in [-0.39, 0.29) is 11.5 Å². The quantitative estimate of drug-likeness (QED) is 0.844. The van der Waals surface area contributed by atoms with Crippen molar-refractivity contribution >= 4 is 0 Å². The van der Waals surface area contributed by atoms with E-state index in [2.05, 4.69) is 0 Å². The van der Waals surface area contributed by atoms with Crippen LogP contribution in [-0.4, -0.2) is 32.5 Å². The Balaban J connectivity index is 3.15. The smallest absolute Gasteiger partial charge is 0.132 e. The molecular formula is C16H27NO4. The minimum absolute atomic E-state index is 0.0894. The number of rotatable bonds is 6. The van der Waals surface area contributed by atoms with Gasteiger partial charge in [-0.05, 0) is 11.8 Å². The van der Waals surface area contributed by atoms with Crippen molar-refractivity contribution in [2.75, 3.05) is 21.3 Å². The molecule has 120 valence electrons. The summed E-state index contributed by atoms with van der Waals surface area (Å²) in [4.78, 5) is 0. The van der Waals surface area contributed by atoms with Crippen LogP contribution in [0.15, 0.2) is 12.1 Å². The lowest BCUT2D eigenvalue weighted by atomic mass is 9.83. The van der Waals surface area contributed by atoms with Crippen molar-refractivity contribution < 1.29 is 19.3 Å². The summed E-state index contributed by atoms with van der Waals surface area (Å²) in [5, 5.41) is 10.6. The van der Waals surface area contributed by atoms with Crippen LogP contribution < -0.4 is 19.9 Å². The maximum Gasteiger partial charge on any atom is 0.132 e. The van der Waals surface area contributed by atoms with E-state index in [1.54, 1.807) is 33.5 Å². The van der Waals surface area contributed by atoms with Crippen LogP contribution in [0.3, 0.4) is 0 Å². The monoisotopic (exact) mass is 297 g/mol. The van der Waals surface area contributed by atoms with Gasteiger partial charge in [-0.15, -0.1) is 0 Å². The lowest BCUT2D eigenvalue weighted by Crippen LogP contribution is -2.36. The highest BCUT2D eigenvalue weighted by molar-refractivity contribution is 5.51. The minimum atomic E-state index is -0.768. The molecule has 0 aromatic heterocycles. The maximum absolute atomic E-state index is 10.6. The first kappa shape index (κ1) is 17.6. The molecule has 1 aromatic rings. The number of benzene rings is 1. The predicted molar refractivity (Wildman–Crippen MR) is 83.1 cm³/mol. The van der Waals surface area contributed by atoms with Crippen LogP contribution >= 0.6 is 0 Å². The van der Waals surface area contributed by atoms with E-state index in [1.807, 2.05) is 20.8 Å². The third-order valence-electron chi connectivity index (χ3n) is 3.68. The van der Waals surface area contributed by atoms with Gasteiger partial charge in [0.05, 0.1) is 33.0 Å². The summed E-state index contributed by atoms with van der Waals surface area (Å²) in [5.41, 5.74) is 6.67. The average Bonchev–Trinajstić information content (AvgIpc) is 2.44. The van der Waals surface area contributed by atoms with E-state index in [0.717, 1.165) is 0 Å². The molecule has 0 aliphatic carbocycles. The van der Waals surface area contributed by atoms with Gasteiger partial charge in [-0.3, -0.25) is 0 Å². The fourth-order valence-corrected chi connectivity index (χ4v) is 2.07. The van der Waals surface area contributed by atoms with E-state index in [4.69, 9.17) is 19.9 Å².